The number of carbonyl (C=O) groups is 2. The average molecular weight is 462 g/mol. The summed E-state index contributed by atoms with van der Waals surface area (Å²) in [6, 6.07) is 10.9. The van der Waals surface area contributed by atoms with Crippen LogP contribution in [-0.2, 0) is 20.9 Å². The van der Waals surface area contributed by atoms with Crippen LogP contribution in [0.2, 0.25) is 0 Å². The summed E-state index contributed by atoms with van der Waals surface area (Å²) in [5.41, 5.74) is 3.70. The van der Waals surface area contributed by atoms with Gasteiger partial charge in [0.05, 0.1) is 18.9 Å². The van der Waals surface area contributed by atoms with E-state index in [1.54, 1.807) is 43.9 Å². The third-order valence-electron chi connectivity index (χ3n) is 5.47. The number of esters is 1. The molecule has 0 aliphatic carbocycles. The van der Waals surface area contributed by atoms with Gasteiger partial charge in [-0.2, -0.15) is 15.4 Å². The van der Waals surface area contributed by atoms with Crippen LogP contribution in [0.4, 0.5) is 0 Å². The molecule has 0 bridgehead atoms. The number of allylic oxidation sites excluding steroid dienone is 1. The molecule has 0 radical (unpaired) electrons. The number of ether oxygens (including phenoxy) is 2. The zero-order chi connectivity index (χ0) is 22.9. The third kappa shape index (κ3) is 3.68. The number of aromatic nitrogens is 4. The van der Waals surface area contributed by atoms with E-state index in [2.05, 4.69) is 20.4 Å². The fraction of sp³-hybridized carbons (Fsp3) is 0.174. The number of amides is 1. The Morgan fingerprint density at radius 1 is 1.21 bits per heavy atom. The lowest BCUT2D eigenvalue weighted by atomic mass is 9.97. The van der Waals surface area contributed by atoms with E-state index < -0.39 is 5.97 Å². The van der Waals surface area contributed by atoms with Crippen molar-refractivity contribution >= 4 is 34.1 Å². The predicted molar refractivity (Wildman–Crippen MR) is 121 cm³/mol. The number of nitrogens with one attached hydrogen (secondary N) is 1. The van der Waals surface area contributed by atoms with Gasteiger partial charge in [-0.15, -0.1) is 0 Å². The summed E-state index contributed by atoms with van der Waals surface area (Å²) in [5, 5.41) is 10.1. The molecule has 0 spiro atoms. The van der Waals surface area contributed by atoms with Gasteiger partial charge in [0.2, 0.25) is 0 Å². The van der Waals surface area contributed by atoms with Crippen LogP contribution in [0.1, 0.15) is 23.7 Å². The topological polar surface area (TPSA) is 110 Å². The highest BCUT2D eigenvalue weighted by Crippen LogP contribution is 2.54. The van der Waals surface area contributed by atoms with Crippen LogP contribution in [0.25, 0.3) is 10.5 Å². The highest BCUT2D eigenvalue weighted by Gasteiger charge is 2.54. The van der Waals surface area contributed by atoms with E-state index in [0.29, 0.717) is 16.2 Å². The van der Waals surface area contributed by atoms with Gasteiger partial charge in [-0.05, 0) is 36.3 Å². The van der Waals surface area contributed by atoms with Crippen LogP contribution in [0.15, 0.2) is 66.3 Å². The maximum absolute atomic E-state index is 13.2. The molecule has 1 atom stereocenters. The van der Waals surface area contributed by atoms with Crippen LogP contribution >= 0.6 is 11.8 Å². The van der Waals surface area contributed by atoms with Crippen LogP contribution in [0.3, 0.4) is 0 Å². The molecule has 3 aromatic rings. The van der Waals surface area contributed by atoms with E-state index in [1.165, 1.54) is 16.7 Å². The fourth-order valence-electron chi connectivity index (χ4n) is 3.71. The molecule has 4 heterocycles. The number of aromatic amines is 1. The van der Waals surface area contributed by atoms with Gasteiger partial charge < -0.3 is 9.47 Å². The quantitative estimate of drug-likeness (QED) is 0.339. The van der Waals surface area contributed by atoms with Crippen molar-refractivity contribution in [2.24, 2.45) is 0 Å². The number of H-pyrrole nitrogens is 1. The second-order valence-corrected chi connectivity index (χ2v) is 8.47. The Labute approximate surface area is 193 Å². The minimum absolute atomic E-state index is 0.0741. The Balaban J connectivity index is 1.44. The molecule has 1 amide bonds. The number of methoxy groups -OCH3 is 1. The molecule has 0 unspecified atom stereocenters. The van der Waals surface area contributed by atoms with Crippen molar-refractivity contribution < 1.29 is 19.1 Å². The molecule has 166 valence electrons. The van der Waals surface area contributed by atoms with Crippen molar-refractivity contribution in [2.75, 3.05) is 7.11 Å². The Kier molecular flexibility index (Phi) is 5.43. The molecule has 1 fully saturated rings. The number of nitrogens with zero attached hydrogens (tertiary/aromatic N) is 4. The van der Waals surface area contributed by atoms with Crippen LogP contribution in [0, 0.1) is 0 Å². The first-order valence-electron chi connectivity index (χ1n) is 10.1. The lowest BCUT2D eigenvalue weighted by molar-refractivity contribution is -0.146. The number of β-lactam (4-membered cyclic amide) rings is 1. The molecule has 9 nitrogen and oxygen atoms in total. The molecule has 1 aromatic carbocycles. The number of fused-ring (bicyclic) bond motifs is 1. The highest BCUT2D eigenvalue weighted by molar-refractivity contribution is 8.09. The van der Waals surface area contributed by atoms with Crippen LogP contribution < -0.4 is 4.74 Å². The van der Waals surface area contributed by atoms with E-state index in [4.69, 9.17) is 9.47 Å². The first-order chi connectivity index (χ1) is 16.1. The van der Waals surface area contributed by atoms with E-state index in [-0.39, 0.29) is 23.6 Å². The number of hydrogen-bond acceptors (Lipinski definition) is 8. The van der Waals surface area contributed by atoms with Gasteiger partial charge in [0.15, 0.2) is 0 Å². The lowest BCUT2D eigenvalue weighted by Gasteiger charge is -2.38. The maximum atomic E-state index is 13.2. The molecule has 0 saturated carbocycles. The van der Waals surface area contributed by atoms with Crippen molar-refractivity contribution in [3.63, 3.8) is 0 Å². The van der Waals surface area contributed by atoms with Crippen LogP contribution in [-0.4, -0.2) is 49.7 Å². The zero-order valence-corrected chi connectivity index (χ0v) is 18.6. The normalized spacial score (nSPS) is 18.7. The lowest BCUT2D eigenvalue weighted by Crippen LogP contribution is -2.51. The molecule has 33 heavy (non-hydrogen) atoms. The van der Waals surface area contributed by atoms with Crippen LogP contribution in [0.5, 0.6) is 5.75 Å². The van der Waals surface area contributed by atoms with Gasteiger partial charge in [0.1, 0.15) is 29.1 Å². The van der Waals surface area contributed by atoms with Gasteiger partial charge in [0, 0.05) is 22.9 Å². The number of rotatable bonds is 6. The average Bonchev–Trinajstić information content (AvgIpc) is 3.50. The Morgan fingerprint density at radius 3 is 2.70 bits per heavy atom. The Morgan fingerprint density at radius 2 is 2.03 bits per heavy atom. The summed E-state index contributed by atoms with van der Waals surface area (Å²) in [4.78, 5) is 32.6. The van der Waals surface area contributed by atoms with Crippen molar-refractivity contribution in [3.8, 4) is 5.75 Å². The molecule has 2 aliphatic rings. The summed E-state index contributed by atoms with van der Waals surface area (Å²) in [5.74, 6) is -0.0934. The van der Waals surface area contributed by atoms with E-state index in [9.17, 15) is 9.59 Å². The first kappa shape index (κ1) is 21.0. The van der Waals surface area contributed by atoms with Gasteiger partial charge in [0.25, 0.3) is 5.91 Å². The minimum Gasteiger partial charge on any atom is -0.497 e. The summed E-state index contributed by atoms with van der Waals surface area (Å²) in [6.07, 6.45) is 4.89. The molecular weight excluding hydrogens is 442 g/mol. The standard InChI is InChI=1S/C23H19N5O4S/c1-13(17-11-25-27-26-17)18-21(29)28-19(20(33-22(18)28)15-4-3-9-24-10-15)23(30)32-12-14-5-7-16(31-2)8-6-14/h3-11,22H,12H2,1-2H3,(H,25,26,27)/t22-/m1/s1. The molecule has 5 rings (SSSR count). The zero-order valence-electron chi connectivity index (χ0n) is 17.8. The number of benzene rings is 1. The number of carbonyl (C=O) groups excluding carboxylic acids is 2. The molecule has 1 saturated heterocycles. The number of thioether (sulfide) groups is 1. The third-order valence-corrected chi connectivity index (χ3v) is 6.80. The van der Waals surface area contributed by atoms with Gasteiger partial charge in [-0.3, -0.25) is 14.7 Å². The largest absolute Gasteiger partial charge is 0.497 e. The smallest absolute Gasteiger partial charge is 0.356 e. The Hall–Kier alpha value is -3.92. The van der Waals surface area contributed by atoms with Crippen molar-refractivity contribution in [1.29, 1.82) is 0 Å². The number of hydrogen-bond donors (Lipinski definition) is 1. The fourth-order valence-corrected chi connectivity index (χ4v) is 5.19. The van der Waals surface area contributed by atoms with E-state index in [0.717, 1.165) is 22.4 Å². The van der Waals surface area contributed by atoms with Gasteiger partial charge in [-0.25, -0.2) is 4.79 Å². The van der Waals surface area contributed by atoms with Gasteiger partial charge >= 0.3 is 5.97 Å². The molecule has 1 N–H and O–H groups in total. The summed E-state index contributed by atoms with van der Waals surface area (Å²) < 4.78 is 10.8. The monoisotopic (exact) mass is 461 g/mol. The SMILES string of the molecule is COc1ccc(COC(=O)C2=C(c3cccnc3)S[C@@H]3C(=C(C)c4cn[nH]n4)C(=O)N23)cc1. The highest BCUT2D eigenvalue weighted by atomic mass is 32.2. The van der Waals surface area contributed by atoms with Crippen molar-refractivity contribution in [3.05, 3.63) is 83.1 Å². The molecule has 10 heteroatoms. The van der Waals surface area contributed by atoms with Crippen molar-refractivity contribution in [2.45, 2.75) is 18.9 Å². The maximum Gasteiger partial charge on any atom is 0.356 e. The Bertz CT molecular complexity index is 1270. The summed E-state index contributed by atoms with van der Waals surface area (Å²) >= 11 is 1.43. The second kappa shape index (κ2) is 8.55. The van der Waals surface area contributed by atoms with E-state index in [1.807, 2.05) is 25.1 Å². The summed E-state index contributed by atoms with van der Waals surface area (Å²) in [6.45, 7) is 1.90. The molecule has 2 aromatic heterocycles. The predicted octanol–water partition coefficient (Wildman–Crippen LogP) is 3.01. The molecular formula is C23H19N5O4S. The molecule has 2 aliphatic heterocycles. The second-order valence-electron chi connectivity index (χ2n) is 7.38. The first-order valence-corrected chi connectivity index (χ1v) is 11.0. The van der Waals surface area contributed by atoms with Crippen molar-refractivity contribution in [1.82, 2.24) is 25.3 Å². The minimum atomic E-state index is -0.564. The number of pyridine rings is 1. The van der Waals surface area contributed by atoms with Gasteiger partial charge in [-0.1, -0.05) is 30.0 Å². The summed E-state index contributed by atoms with van der Waals surface area (Å²) in [7, 11) is 1.59. The van der Waals surface area contributed by atoms with E-state index >= 15 is 0 Å².